The van der Waals surface area contributed by atoms with Crippen molar-refractivity contribution in [1.82, 2.24) is 4.98 Å². The zero-order chi connectivity index (χ0) is 13.8. The topological polar surface area (TPSA) is 66.0 Å². The van der Waals surface area contributed by atoms with Crippen molar-refractivity contribution in [1.29, 1.82) is 5.41 Å². The van der Waals surface area contributed by atoms with Crippen molar-refractivity contribution < 1.29 is 0 Å². The molecule has 98 valence electrons. The number of hydrogen-bond acceptors (Lipinski definition) is 3. The van der Waals surface area contributed by atoms with Crippen LogP contribution in [0, 0.1) is 12.3 Å². The molecule has 0 fully saturated rings. The van der Waals surface area contributed by atoms with Crippen molar-refractivity contribution in [3.8, 4) is 0 Å². The first-order valence-electron chi connectivity index (χ1n) is 6.14. The van der Waals surface area contributed by atoms with E-state index in [1.54, 1.807) is 0 Å². The van der Waals surface area contributed by atoms with Crippen LogP contribution >= 0.6 is 0 Å². The number of benzene rings is 1. The Hall–Kier alpha value is -2.36. The van der Waals surface area contributed by atoms with Crippen molar-refractivity contribution >= 4 is 11.5 Å². The molecule has 0 atom stereocenters. The third-order valence-electron chi connectivity index (χ3n) is 3.12. The number of nitrogens with two attached hydrogens (primary N) is 1. The molecule has 0 unspecified atom stereocenters. The smallest absolute Gasteiger partial charge is 0.122 e. The number of hydrogen-bond donors (Lipinski definition) is 2. The minimum absolute atomic E-state index is 0.0924. The Morgan fingerprint density at radius 2 is 1.95 bits per heavy atom. The van der Waals surface area contributed by atoms with Gasteiger partial charge in [-0.05, 0) is 42.8 Å². The van der Waals surface area contributed by atoms with Gasteiger partial charge in [0, 0.05) is 24.5 Å². The summed E-state index contributed by atoms with van der Waals surface area (Å²) >= 11 is 0. The second-order valence-electron chi connectivity index (χ2n) is 4.58. The minimum atomic E-state index is 0.0924. The van der Waals surface area contributed by atoms with Crippen LogP contribution in [0.3, 0.4) is 0 Å². The fourth-order valence-corrected chi connectivity index (χ4v) is 1.90. The predicted octanol–water partition coefficient (Wildman–Crippen LogP) is 2.31. The van der Waals surface area contributed by atoms with Crippen molar-refractivity contribution in [3.05, 3.63) is 59.4 Å². The molecule has 1 aromatic heterocycles. The summed E-state index contributed by atoms with van der Waals surface area (Å²) in [6, 6.07) is 11.7. The Morgan fingerprint density at radius 3 is 2.53 bits per heavy atom. The van der Waals surface area contributed by atoms with Crippen LogP contribution < -0.4 is 10.6 Å². The van der Waals surface area contributed by atoms with E-state index in [4.69, 9.17) is 11.1 Å². The van der Waals surface area contributed by atoms with E-state index in [2.05, 4.69) is 22.9 Å². The SMILES string of the molecule is Cc1cccnc1CN(C)c1ccc(C(=N)N)cc1. The lowest BCUT2D eigenvalue weighted by Crippen LogP contribution is -2.18. The fourth-order valence-electron chi connectivity index (χ4n) is 1.90. The molecule has 0 spiro atoms. The molecule has 0 amide bonds. The van der Waals surface area contributed by atoms with E-state index < -0.39 is 0 Å². The summed E-state index contributed by atoms with van der Waals surface area (Å²) in [6.07, 6.45) is 1.81. The highest BCUT2D eigenvalue weighted by atomic mass is 15.1. The summed E-state index contributed by atoms with van der Waals surface area (Å²) in [5.41, 5.74) is 9.52. The number of anilines is 1. The van der Waals surface area contributed by atoms with E-state index >= 15 is 0 Å². The quantitative estimate of drug-likeness (QED) is 0.650. The summed E-state index contributed by atoms with van der Waals surface area (Å²) < 4.78 is 0. The Morgan fingerprint density at radius 1 is 1.26 bits per heavy atom. The third-order valence-corrected chi connectivity index (χ3v) is 3.12. The van der Waals surface area contributed by atoms with Crippen LogP contribution in [-0.4, -0.2) is 17.9 Å². The van der Waals surface area contributed by atoms with Crippen LogP contribution in [0.25, 0.3) is 0 Å². The lowest BCUT2D eigenvalue weighted by atomic mass is 10.1. The molecular weight excluding hydrogens is 236 g/mol. The molecule has 2 rings (SSSR count). The molecule has 0 bridgehead atoms. The molecule has 0 saturated heterocycles. The first kappa shape index (κ1) is 13.1. The van der Waals surface area contributed by atoms with Gasteiger partial charge in [0.15, 0.2) is 0 Å². The Labute approximate surface area is 113 Å². The minimum Gasteiger partial charge on any atom is -0.384 e. The van der Waals surface area contributed by atoms with Gasteiger partial charge in [-0.15, -0.1) is 0 Å². The molecule has 4 heteroatoms. The number of amidine groups is 1. The summed E-state index contributed by atoms with van der Waals surface area (Å²) in [5, 5.41) is 7.37. The third kappa shape index (κ3) is 3.10. The van der Waals surface area contributed by atoms with E-state index in [9.17, 15) is 0 Å². The lowest BCUT2D eigenvalue weighted by Gasteiger charge is -2.20. The average Bonchev–Trinajstić information content (AvgIpc) is 2.41. The summed E-state index contributed by atoms with van der Waals surface area (Å²) in [4.78, 5) is 6.52. The maximum absolute atomic E-state index is 7.37. The molecule has 1 aromatic carbocycles. The first-order valence-corrected chi connectivity index (χ1v) is 6.14. The van der Waals surface area contributed by atoms with Crippen molar-refractivity contribution in [2.45, 2.75) is 13.5 Å². The van der Waals surface area contributed by atoms with Gasteiger partial charge in [-0.1, -0.05) is 6.07 Å². The average molecular weight is 254 g/mol. The van der Waals surface area contributed by atoms with Crippen molar-refractivity contribution in [3.63, 3.8) is 0 Å². The predicted molar refractivity (Wildman–Crippen MR) is 78.5 cm³/mol. The Bertz CT molecular complexity index is 575. The van der Waals surface area contributed by atoms with Gasteiger partial charge in [0.1, 0.15) is 5.84 Å². The highest BCUT2D eigenvalue weighted by molar-refractivity contribution is 5.95. The van der Waals surface area contributed by atoms with Crippen molar-refractivity contribution in [2.24, 2.45) is 5.73 Å². The molecule has 0 aliphatic heterocycles. The Kier molecular flexibility index (Phi) is 3.80. The zero-order valence-corrected chi connectivity index (χ0v) is 11.2. The number of pyridine rings is 1. The summed E-state index contributed by atoms with van der Waals surface area (Å²) in [7, 11) is 2.02. The van der Waals surface area contributed by atoms with Crippen LogP contribution in [0.1, 0.15) is 16.8 Å². The van der Waals surface area contributed by atoms with Gasteiger partial charge in [-0.3, -0.25) is 10.4 Å². The number of nitrogen functional groups attached to an aromatic ring is 1. The standard InChI is InChI=1S/C15H18N4/c1-11-4-3-9-18-14(11)10-19(2)13-7-5-12(6-8-13)15(16)17/h3-9H,10H2,1-2H3,(H3,16,17). The summed E-state index contributed by atoms with van der Waals surface area (Å²) in [6.45, 7) is 2.82. The number of nitrogens with zero attached hydrogens (tertiary/aromatic N) is 2. The van der Waals surface area contributed by atoms with E-state index in [1.807, 2.05) is 43.6 Å². The molecule has 0 aliphatic carbocycles. The lowest BCUT2D eigenvalue weighted by molar-refractivity contribution is 0.874. The van der Waals surface area contributed by atoms with Crippen LogP contribution in [0.15, 0.2) is 42.6 Å². The van der Waals surface area contributed by atoms with Gasteiger partial charge < -0.3 is 10.6 Å². The van der Waals surface area contributed by atoms with E-state index in [0.717, 1.165) is 23.5 Å². The highest BCUT2D eigenvalue weighted by Gasteiger charge is 2.05. The second-order valence-corrected chi connectivity index (χ2v) is 4.58. The molecule has 0 aliphatic rings. The maximum atomic E-state index is 7.37. The molecule has 0 saturated carbocycles. The van der Waals surface area contributed by atoms with E-state index in [0.29, 0.717) is 0 Å². The monoisotopic (exact) mass is 254 g/mol. The molecule has 1 heterocycles. The highest BCUT2D eigenvalue weighted by Crippen LogP contribution is 2.16. The van der Waals surface area contributed by atoms with Crippen molar-refractivity contribution in [2.75, 3.05) is 11.9 Å². The van der Waals surface area contributed by atoms with Crippen LogP contribution in [0.4, 0.5) is 5.69 Å². The fraction of sp³-hybridized carbons (Fsp3) is 0.200. The number of nitrogens with one attached hydrogen (secondary N) is 1. The van der Waals surface area contributed by atoms with E-state index in [1.165, 1.54) is 5.56 Å². The largest absolute Gasteiger partial charge is 0.384 e. The molecule has 19 heavy (non-hydrogen) atoms. The van der Waals surface area contributed by atoms with Gasteiger partial charge in [-0.25, -0.2) is 0 Å². The molecule has 0 radical (unpaired) electrons. The molecule has 3 N–H and O–H groups in total. The van der Waals surface area contributed by atoms with Crippen LogP contribution in [0.2, 0.25) is 0 Å². The van der Waals surface area contributed by atoms with Gasteiger partial charge >= 0.3 is 0 Å². The maximum Gasteiger partial charge on any atom is 0.122 e. The Balaban J connectivity index is 2.14. The zero-order valence-electron chi connectivity index (χ0n) is 11.2. The van der Waals surface area contributed by atoms with Gasteiger partial charge in [0.25, 0.3) is 0 Å². The summed E-state index contributed by atoms with van der Waals surface area (Å²) in [5.74, 6) is 0.0924. The van der Waals surface area contributed by atoms with Crippen LogP contribution in [-0.2, 0) is 6.54 Å². The second kappa shape index (κ2) is 5.52. The first-order chi connectivity index (χ1) is 9.08. The molecule has 4 nitrogen and oxygen atoms in total. The van der Waals surface area contributed by atoms with Gasteiger partial charge in [0.2, 0.25) is 0 Å². The normalized spacial score (nSPS) is 10.2. The van der Waals surface area contributed by atoms with Crippen LogP contribution in [0.5, 0.6) is 0 Å². The number of aryl methyl sites for hydroxylation is 1. The van der Waals surface area contributed by atoms with E-state index in [-0.39, 0.29) is 5.84 Å². The van der Waals surface area contributed by atoms with Gasteiger partial charge in [0.05, 0.1) is 12.2 Å². The molecule has 2 aromatic rings. The molecular formula is C15H18N4. The number of aromatic nitrogens is 1. The number of rotatable bonds is 4. The van der Waals surface area contributed by atoms with Gasteiger partial charge in [-0.2, -0.15) is 0 Å².